The van der Waals surface area contributed by atoms with Crippen LogP contribution in [-0.2, 0) is 6.42 Å². The lowest BCUT2D eigenvalue weighted by molar-refractivity contribution is 0.422. The summed E-state index contributed by atoms with van der Waals surface area (Å²) in [4.78, 5) is 4.34. The van der Waals surface area contributed by atoms with Crippen molar-refractivity contribution in [2.75, 3.05) is 6.54 Å². The lowest BCUT2D eigenvalue weighted by atomic mass is 10.1. The van der Waals surface area contributed by atoms with Crippen LogP contribution < -0.4 is 5.32 Å². The molecule has 4 nitrogen and oxygen atoms in total. The molecule has 0 saturated carbocycles. The molecule has 0 fully saturated rings. The largest absolute Gasteiger partial charge is 0.312 e. The van der Waals surface area contributed by atoms with E-state index in [4.69, 9.17) is 0 Å². The van der Waals surface area contributed by atoms with Gasteiger partial charge in [0.05, 0.1) is 0 Å². The molecule has 0 bridgehead atoms. The Labute approximate surface area is 132 Å². The van der Waals surface area contributed by atoms with E-state index in [1.165, 1.54) is 0 Å². The van der Waals surface area contributed by atoms with E-state index in [2.05, 4.69) is 57.2 Å². The molecular formula is C14H19BrN4S. The molecule has 108 valence electrons. The Morgan fingerprint density at radius 3 is 2.70 bits per heavy atom. The van der Waals surface area contributed by atoms with Gasteiger partial charge < -0.3 is 5.32 Å². The normalized spacial score (nSPS) is 11.8. The van der Waals surface area contributed by atoms with Crippen molar-refractivity contribution < 1.29 is 0 Å². The molecule has 0 aliphatic heterocycles. The number of halogens is 1. The molecule has 0 spiro atoms. The molecule has 0 atom stereocenters. The maximum absolute atomic E-state index is 4.34. The van der Waals surface area contributed by atoms with E-state index in [-0.39, 0.29) is 5.54 Å². The van der Waals surface area contributed by atoms with Crippen LogP contribution in [0.5, 0.6) is 0 Å². The molecule has 0 radical (unpaired) electrons. The fourth-order valence-electron chi connectivity index (χ4n) is 1.66. The van der Waals surface area contributed by atoms with Gasteiger partial charge in [0, 0.05) is 22.6 Å². The fraction of sp³-hybridized carbons (Fsp3) is 0.500. The molecule has 0 aliphatic rings. The van der Waals surface area contributed by atoms with E-state index in [9.17, 15) is 0 Å². The maximum Gasteiger partial charge on any atom is 0.166 e. The molecule has 0 unspecified atom stereocenters. The number of aromatic nitrogens is 3. The average Bonchev–Trinajstić information content (AvgIpc) is 2.83. The molecule has 0 saturated heterocycles. The van der Waals surface area contributed by atoms with Crippen LogP contribution in [0.25, 0.3) is 10.7 Å². The second kappa shape index (κ2) is 6.74. The summed E-state index contributed by atoms with van der Waals surface area (Å²) in [5.41, 5.74) is 1.05. The lowest BCUT2D eigenvalue weighted by Crippen LogP contribution is -2.36. The topological polar surface area (TPSA) is 50.7 Å². The summed E-state index contributed by atoms with van der Waals surface area (Å²) in [5.74, 6) is 0. The SMILES string of the molecule is CC(C)(C)NCCCc1nnc(-c2ccc(Br)cn2)s1. The van der Waals surface area contributed by atoms with E-state index < -0.39 is 0 Å². The molecule has 2 rings (SSSR count). The second-order valence-electron chi connectivity index (χ2n) is 5.64. The molecular weight excluding hydrogens is 336 g/mol. The van der Waals surface area contributed by atoms with Gasteiger partial charge in [0.15, 0.2) is 5.01 Å². The Morgan fingerprint density at radius 1 is 1.25 bits per heavy atom. The van der Waals surface area contributed by atoms with Crippen LogP contribution in [0.2, 0.25) is 0 Å². The van der Waals surface area contributed by atoms with Crippen LogP contribution in [0.4, 0.5) is 0 Å². The smallest absolute Gasteiger partial charge is 0.166 e. The number of pyridine rings is 1. The van der Waals surface area contributed by atoms with Crippen molar-refractivity contribution in [3.63, 3.8) is 0 Å². The maximum atomic E-state index is 4.34. The zero-order valence-electron chi connectivity index (χ0n) is 12.0. The third kappa shape index (κ3) is 4.92. The number of rotatable bonds is 5. The van der Waals surface area contributed by atoms with Crippen molar-refractivity contribution in [3.05, 3.63) is 27.8 Å². The Kier molecular flexibility index (Phi) is 5.23. The first-order chi connectivity index (χ1) is 9.44. The Morgan fingerprint density at radius 2 is 2.05 bits per heavy atom. The monoisotopic (exact) mass is 354 g/mol. The number of hydrogen-bond donors (Lipinski definition) is 1. The summed E-state index contributed by atoms with van der Waals surface area (Å²) >= 11 is 5.00. The van der Waals surface area contributed by atoms with Gasteiger partial charge in [-0.05, 0) is 61.8 Å². The zero-order chi connectivity index (χ0) is 14.6. The minimum absolute atomic E-state index is 0.174. The van der Waals surface area contributed by atoms with Crippen LogP contribution >= 0.6 is 27.3 Å². The van der Waals surface area contributed by atoms with Crippen molar-refractivity contribution in [1.82, 2.24) is 20.5 Å². The number of nitrogens with zero attached hydrogens (tertiary/aromatic N) is 3. The van der Waals surface area contributed by atoms with Crippen LogP contribution in [0, 0.1) is 0 Å². The quantitative estimate of drug-likeness (QED) is 0.832. The summed E-state index contributed by atoms with van der Waals surface area (Å²) in [6.45, 7) is 7.52. The summed E-state index contributed by atoms with van der Waals surface area (Å²) in [6, 6.07) is 3.92. The highest BCUT2D eigenvalue weighted by Crippen LogP contribution is 2.23. The van der Waals surface area contributed by atoms with E-state index in [1.807, 2.05) is 12.1 Å². The number of hydrogen-bond acceptors (Lipinski definition) is 5. The predicted molar refractivity (Wildman–Crippen MR) is 86.9 cm³/mol. The number of aryl methyl sites for hydroxylation is 1. The van der Waals surface area contributed by atoms with Crippen LogP contribution in [0.3, 0.4) is 0 Å². The summed E-state index contributed by atoms with van der Waals surface area (Å²) in [6.07, 6.45) is 3.81. The van der Waals surface area contributed by atoms with Gasteiger partial charge >= 0.3 is 0 Å². The molecule has 2 aromatic heterocycles. The molecule has 2 heterocycles. The lowest BCUT2D eigenvalue weighted by Gasteiger charge is -2.20. The summed E-state index contributed by atoms with van der Waals surface area (Å²) < 4.78 is 0.972. The first kappa shape index (κ1) is 15.5. The predicted octanol–water partition coefficient (Wildman–Crippen LogP) is 3.68. The van der Waals surface area contributed by atoms with Crippen LogP contribution in [0.1, 0.15) is 32.2 Å². The van der Waals surface area contributed by atoms with Gasteiger partial charge in [-0.2, -0.15) is 0 Å². The van der Waals surface area contributed by atoms with E-state index in [0.29, 0.717) is 0 Å². The van der Waals surface area contributed by atoms with Crippen LogP contribution in [-0.4, -0.2) is 27.3 Å². The molecule has 0 amide bonds. The molecule has 2 aromatic rings. The standard InChI is InChI=1S/C14H19BrN4S/c1-14(2,3)17-8-4-5-12-18-19-13(20-12)11-7-6-10(15)9-16-11/h6-7,9,17H,4-5,8H2,1-3H3. The van der Waals surface area contributed by atoms with Crippen molar-refractivity contribution in [2.45, 2.75) is 39.2 Å². The van der Waals surface area contributed by atoms with Gasteiger partial charge in [-0.25, -0.2) is 0 Å². The van der Waals surface area contributed by atoms with Gasteiger partial charge in [0.1, 0.15) is 10.7 Å². The van der Waals surface area contributed by atoms with Crippen molar-refractivity contribution in [3.8, 4) is 10.7 Å². The third-order valence-corrected chi connectivity index (χ3v) is 4.11. The van der Waals surface area contributed by atoms with Crippen molar-refractivity contribution >= 4 is 27.3 Å². The van der Waals surface area contributed by atoms with Gasteiger partial charge in [0.25, 0.3) is 0 Å². The Balaban J connectivity index is 1.88. The average molecular weight is 355 g/mol. The minimum atomic E-state index is 0.174. The van der Waals surface area contributed by atoms with Gasteiger partial charge in [-0.3, -0.25) is 4.98 Å². The number of nitrogens with one attached hydrogen (secondary N) is 1. The van der Waals surface area contributed by atoms with Crippen LogP contribution in [0.15, 0.2) is 22.8 Å². The van der Waals surface area contributed by atoms with Gasteiger partial charge in [-0.1, -0.05) is 11.3 Å². The Bertz CT molecular complexity index is 545. The molecule has 1 N–H and O–H groups in total. The first-order valence-electron chi connectivity index (χ1n) is 6.63. The van der Waals surface area contributed by atoms with Gasteiger partial charge in [-0.15, -0.1) is 10.2 Å². The molecule has 20 heavy (non-hydrogen) atoms. The summed E-state index contributed by atoms with van der Waals surface area (Å²) in [5, 5.41) is 13.9. The highest BCUT2D eigenvalue weighted by atomic mass is 79.9. The van der Waals surface area contributed by atoms with E-state index >= 15 is 0 Å². The summed E-state index contributed by atoms with van der Waals surface area (Å²) in [7, 11) is 0. The molecule has 0 aliphatic carbocycles. The van der Waals surface area contributed by atoms with Crippen molar-refractivity contribution in [2.24, 2.45) is 0 Å². The highest BCUT2D eigenvalue weighted by molar-refractivity contribution is 9.10. The minimum Gasteiger partial charge on any atom is -0.312 e. The zero-order valence-corrected chi connectivity index (χ0v) is 14.4. The van der Waals surface area contributed by atoms with E-state index in [0.717, 1.165) is 39.6 Å². The van der Waals surface area contributed by atoms with Crippen molar-refractivity contribution in [1.29, 1.82) is 0 Å². The molecule has 6 heteroatoms. The highest BCUT2D eigenvalue weighted by Gasteiger charge is 2.10. The second-order valence-corrected chi connectivity index (χ2v) is 7.62. The van der Waals surface area contributed by atoms with E-state index in [1.54, 1.807) is 17.5 Å². The third-order valence-electron chi connectivity index (χ3n) is 2.64. The first-order valence-corrected chi connectivity index (χ1v) is 8.24. The van der Waals surface area contributed by atoms with Gasteiger partial charge in [0.2, 0.25) is 0 Å². The fourth-order valence-corrected chi connectivity index (χ4v) is 2.76. The molecule has 0 aromatic carbocycles. The Hall–Kier alpha value is -0.850.